The van der Waals surface area contributed by atoms with E-state index in [0.717, 1.165) is 6.42 Å². The Kier molecular flexibility index (Phi) is 3.60. The Bertz CT molecular complexity index is 522. The molecule has 0 atom stereocenters. The van der Waals surface area contributed by atoms with E-state index in [1.807, 2.05) is 12.1 Å². The second-order valence-corrected chi connectivity index (χ2v) is 3.85. The van der Waals surface area contributed by atoms with Gasteiger partial charge in [-0.25, -0.2) is 4.79 Å². The number of hydrogen-bond donors (Lipinski definition) is 1. The average Bonchev–Trinajstić information content (AvgIpc) is 2.38. The summed E-state index contributed by atoms with van der Waals surface area (Å²) < 4.78 is 4.51. The molecule has 0 aromatic heterocycles. The number of benzene rings is 2. The van der Waals surface area contributed by atoms with Crippen molar-refractivity contribution < 1.29 is 9.53 Å². The number of fused-ring (bicyclic) bond motifs is 1. The third kappa shape index (κ3) is 2.97. The Morgan fingerprint density at radius 2 is 1.94 bits per heavy atom. The molecule has 0 heterocycles. The van der Waals surface area contributed by atoms with Gasteiger partial charge in [0, 0.05) is 6.54 Å². The topological polar surface area (TPSA) is 38.3 Å². The van der Waals surface area contributed by atoms with E-state index in [2.05, 4.69) is 40.4 Å². The third-order valence-corrected chi connectivity index (χ3v) is 2.68. The van der Waals surface area contributed by atoms with Gasteiger partial charge in [0.2, 0.25) is 0 Å². The number of ether oxygens (including phenoxy) is 1. The van der Waals surface area contributed by atoms with Crippen LogP contribution in [0.2, 0.25) is 0 Å². The second-order valence-electron chi connectivity index (χ2n) is 3.85. The number of nitrogens with one attached hydrogen (secondary N) is 1. The Hall–Kier alpha value is -2.03. The Morgan fingerprint density at radius 3 is 2.71 bits per heavy atom. The van der Waals surface area contributed by atoms with Crippen molar-refractivity contribution in [3.8, 4) is 0 Å². The number of carbonyl (C=O) groups is 1. The Morgan fingerprint density at radius 1 is 1.18 bits per heavy atom. The zero-order chi connectivity index (χ0) is 12.1. The Balaban J connectivity index is 2.02. The van der Waals surface area contributed by atoms with Gasteiger partial charge in [-0.3, -0.25) is 0 Å². The number of methoxy groups -OCH3 is 1. The van der Waals surface area contributed by atoms with Crippen LogP contribution in [0.15, 0.2) is 42.5 Å². The highest BCUT2D eigenvalue weighted by Gasteiger charge is 1.99. The van der Waals surface area contributed by atoms with E-state index in [1.54, 1.807) is 0 Å². The molecule has 88 valence electrons. The summed E-state index contributed by atoms with van der Waals surface area (Å²) >= 11 is 0. The maximum Gasteiger partial charge on any atom is 0.406 e. The summed E-state index contributed by atoms with van der Waals surface area (Å²) in [6.45, 7) is 0.588. The van der Waals surface area contributed by atoms with Gasteiger partial charge in [-0.2, -0.15) is 0 Å². The summed E-state index contributed by atoms with van der Waals surface area (Å²) in [5, 5.41) is 5.13. The number of hydrogen-bond acceptors (Lipinski definition) is 2. The molecule has 0 bridgehead atoms. The minimum Gasteiger partial charge on any atom is -0.453 e. The van der Waals surface area contributed by atoms with Crippen LogP contribution in [0.4, 0.5) is 4.79 Å². The first-order valence-corrected chi connectivity index (χ1v) is 5.59. The highest BCUT2D eigenvalue weighted by Crippen LogP contribution is 2.15. The van der Waals surface area contributed by atoms with E-state index in [0.29, 0.717) is 6.54 Å². The molecule has 0 spiro atoms. The van der Waals surface area contributed by atoms with E-state index in [4.69, 9.17) is 0 Å². The molecule has 0 aliphatic rings. The molecule has 3 heteroatoms. The fourth-order valence-electron chi connectivity index (χ4n) is 1.78. The van der Waals surface area contributed by atoms with Crippen LogP contribution in [0, 0.1) is 0 Å². The quantitative estimate of drug-likeness (QED) is 0.878. The molecule has 0 saturated heterocycles. The van der Waals surface area contributed by atoms with E-state index in [1.165, 1.54) is 23.4 Å². The molecule has 0 fully saturated rings. The first-order chi connectivity index (χ1) is 8.29. The van der Waals surface area contributed by atoms with E-state index < -0.39 is 0 Å². The van der Waals surface area contributed by atoms with Crippen molar-refractivity contribution in [2.45, 2.75) is 6.42 Å². The molecular weight excluding hydrogens is 214 g/mol. The second kappa shape index (κ2) is 5.34. The van der Waals surface area contributed by atoms with Crippen molar-refractivity contribution in [3.63, 3.8) is 0 Å². The summed E-state index contributed by atoms with van der Waals surface area (Å²) in [5.41, 5.74) is 1.21. The van der Waals surface area contributed by atoms with Crippen LogP contribution in [0.1, 0.15) is 5.56 Å². The monoisotopic (exact) mass is 229 g/mol. The van der Waals surface area contributed by atoms with E-state index in [9.17, 15) is 4.79 Å². The predicted molar refractivity (Wildman–Crippen MR) is 68.1 cm³/mol. The van der Waals surface area contributed by atoms with Gasteiger partial charge in [-0.05, 0) is 22.8 Å². The SMILES string of the molecule is COC(=O)NCCc1ccc2ccccc2c1. The van der Waals surface area contributed by atoms with Crippen molar-refractivity contribution in [3.05, 3.63) is 48.0 Å². The molecule has 0 saturated carbocycles. The molecule has 2 rings (SSSR count). The normalized spacial score (nSPS) is 10.2. The Labute approximate surface area is 100 Å². The van der Waals surface area contributed by atoms with Crippen LogP contribution < -0.4 is 5.32 Å². The standard InChI is InChI=1S/C14H15NO2/c1-17-14(16)15-9-8-11-6-7-12-4-2-3-5-13(12)10-11/h2-7,10H,8-9H2,1H3,(H,15,16). The lowest BCUT2D eigenvalue weighted by atomic mass is 10.1. The van der Waals surface area contributed by atoms with E-state index >= 15 is 0 Å². The number of carbonyl (C=O) groups excluding carboxylic acids is 1. The van der Waals surface area contributed by atoms with Crippen LogP contribution in [0.5, 0.6) is 0 Å². The summed E-state index contributed by atoms with van der Waals surface area (Å²) in [6.07, 6.45) is 0.422. The molecule has 2 aromatic rings. The molecule has 2 aromatic carbocycles. The lowest BCUT2D eigenvalue weighted by Gasteiger charge is -2.05. The zero-order valence-corrected chi connectivity index (χ0v) is 9.77. The van der Waals surface area contributed by atoms with Crippen molar-refractivity contribution >= 4 is 16.9 Å². The van der Waals surface area contributed by atoms with Gasteiger partial charge in [0.1, 0.15) is 0 Å². The van der Waals surface area contributed by atoms with Gasteiger partial charge in [0.15, 0.2) is 0 Å². The van der Waals surface area contributed by atoms with Crippen LogP contribution in [-0.2, 0) is 11.2 Å². The lowest BCUT2D eigenvalue weighted by molar-refractivity contribution is 0.171. The van der Waals surface area contributed by atoms with Gasteiger partial charge in [0.05, 0.1) is 7.11 Å². The first kappa shape index (κ1) is 11.5. The summed E-state index contributed by atoms with van der Waals surface area (Å²) in [6, 6.07) is 14.6. The maximum absolute atomic E-state index is 10.9. The molecule has 17 heavy (non-hydrogen) atoms. The summed E-state index contributed by atoms with van der Waals surface area (Å²) in [5.74, 6) is 0. The van der Waals surface area contributed by atoms with Crippen molar-refractivity contribution in [1.82, 2.24) is 5.32 Å². The largest absolute Gasteiger partial charge is 0.453 e. The van der Waals surface area contributed by atoms with Crippen LogP contribution in [0.25, 0.3) is 10.8 Å². The molecule has 0 radical (unpaired) electrons. The summed E-state index contributed by atoms with van der Waals surface area (Å²) in [4.78, 5) is 10.9. The minimum absolute atomic E-state index is 0.384. The third-order valence-electron chi connectivity index (χ3n) is 2.68. The van der Waals surface area contributed by atoms with E-state index in [-0.39, 0.29) is 6.09 Å². The molecular formula is C14H15NO2. The number of rotatable bonds is 3. The number of amides is 1. The van der Waals surface area contributed by atoms with Gasteiger partial charge in [-0.15, -0.1) is 0 Å². The van der Waals surface area contributed by atoms with Gasteiger partial charge in [-0.1, -0.05) is 42.5 Å². The minimum atomic E-state index is -0.384. The molecule has 0 aliphatic carbocycles. The lowest BCUT2D eigenvalue weighted by Crippen LogP contribution is -2.25. The van der Waals surface area contributed by atoms with Crippen LogP contribution >= 0.6 is 0 Å². The average molecular weight is 229 g/mol. The number of alkyl carbamates (subject to hydrolysis) is 1. The highest BCUT2D eigenvalue weighted by molar-refractivity contribution is 5.83. The fourth-order valence-corrected chi connectivity index (χ4v) is 1.78. The smallest absolute Gasteiger partial charge is 0.406 e. The van der Waals surface area contributed by atoms with Crippen molar-refractivity contribution in [2.24, 2.45) is 0 Å². The molecule has 1 amide bonds. The van der Waals surface area contributed by atoms with Crippen LogP contribution in [0.3, 0.4) is 0 Å². The molecule has 0 unspecified atom stereocenters. The highest BCUT2D eigenvalue weighted by atomic mass is 16.5. The first-order valence-electron chi connectivity index (χ1n) is 5.59. The van der Waals surface area contributed by atoms with Crippen molar-refractivity contribution in [1.29, 1.82) is 0 Å². The van der Waals surface area contributed by atoms with Gasteiger partial charge < -0.3 is 10.1 Å². The van der Waals surface area contributed by atoms with Gasteiger partial charge >= 0.3 is 6.09 Å². The van der Waals surface area contributed by atoms with Gasteiger partial charge in [0.25, 0.3) is 0 Å². The van der Waals surface area contributed by atoms with Crippen molar-refractivity contribution in [2.75, 3.05) is 13.7 Å². The maximum atomic E-state index is 10.9. The zero-order valence-electron chi connectivity index (χ0n) is 9.77. The molecule has 1 N–H and O–H groups in total. The fraction of sp³-hybridized carbons (Fsp3) is 0.214. The molecule has 0 aliphatic heterocycles. The summed E-state index contributed by atoms with van der Waals surface area (Å²) in [7, 11) is 1.37. The van der Waals surface area contributed by atoms with Crippen LogP contribution in [-0.4, -0.2) is 19.7 Å². The molecule has 3 nitrogen and oxygen atoms in total. The predicted octanol–water partition coefficient (Wildman–Crippen LogP) is 2.74.